The van der Waals surface area contributed by atoms with E-state index in [2.05, 4.69) is 23.6 Å². The summed E-state index contributed by atoms with van der Waals surface area (Å²) in [5, 5.41) is 6.49. The van der Waals surface area contributed by atoms with Gasteiger partial charge in [-0.1, -0.05) is 32.3 Å². The van der Waals surface area contributed by atoms with E-state index in [1.165, 1.54) is 39.2 Å². The van der Waals surface area contributed by atoms with Crippen LogP contribution in [-0.4, -0.2) is 25.7 Å². The fourth-order valence-electron chi connectivity index (χ4n) is 3.12. The van der Waals surface area contributed by atoms with Gasteiger partial charge in [0.15, 0.2) is 0 Å². The SMILES string of the molecule is CCC1CCCCC1Nc1cccc(NC(=O)COC)c1. The van der Waals surface area contributed by atoms with Gasteiger partial charge in [0.2, 0.25) is 5.91 Å². The van der Waals surface area contributed by atoms with Crippen molar-refractivity contribution >= 4 is 17.3 Å². The normalized spacial score (nSPS) is 21.8. The van der Waals surface area contributed by atoms with Gasteiger partial charge in [-0.3, -0.25) is 4.79 Å². The second kappa shape index (κ2) is 8.03. The first-order valence-corrected chi connectivity index (χ1v) is 7.88. The first kappa shape index (κ1) is 15.8. The van der Waals surface area contributed by atoms with Gasteiger partial charge >= 0.3 is 0 Å². The van der Waals surface area contributed by atoms with E-state index in [1.807, 2.05) is 18.2 Å². The third-order valence-corrected chi connectivity index (χ3v) is 4.21. The van der Waals surface area contributed by atoms with Crippen molar-refractivity contribution in [3.63, 3.8) is 0 Å². The first-order chi connectivity index (χ1) is 10.2. The van der Waals surface area contributed by atoms with E-state index in [4.69, 9.17) is 4.74 Å². The average molecular weight is 290 g/mol. The van der Waals surface area contributed by atoms with Gasteiger partial charge in [-0.2, -0.15) is 0 Å². The van der Waals surface area contributed by atoms with Crippen LogP contribution in [0.4, 0.5) is 11.4 Å². The lowest BCUT2D eigenvalue weighted by Crippen LogP contribution is -2.31. The van der Waals surface area contributed by atoms with Crippen molar-refractivity contribution in [3.05, 3.63) is 24.3 Å². The number of amides is 1. The number of hydrogen-bond acceptors (Lipinski definition) is 3. The van der Waals surface area contributed by atoms with Crippen LogP contribution in [0.1, 0.15) is 39.0 Å². The molecule has 2 N–H and O–H groups in total. The van der Waals surface area contributed by atoms with Gasteiger partial charge in [0.05, 0.1) is 0 Å². The molecule has 0 radical (unpaired) electrons. The molecule has 0 spiro atoms. The third-order valence-electron chi connectivity index (χ3n) is 4.21. The molecule has 0 heterocycles. The van der Waals surface area contributed by atoms with E-state index in [-0.39, 0.29) is 12.5 Å². The monoisotopic (exact) mass is 290 g/mol. The lowest BCUT2D eigenvalue weighted by atomic mass is 9.83. The van der Waals surface area contributed by atoms with Crippen molar-refractivity contribution in [1.29, 1.82) is 0 Å². The molecule has 1 aromatic rings. The zero-order valence-corrected chi connectivity index (χ0v) is 13.0. The summed E-state index contributed by atoms with van der Waals surface area (Å²) in [6.07, 6.45) is 6.43. The lowest BCUT2D eigenvalue weighted by Gasteiger charge is -2.32. The molecule has 1 aromatic carbocycles. The zero-order chi connectivity index (χ0) is 15.1. The Morgan fingerprint density at radius 3 is 2.81 bits per heavy atom. The predicted molar refractivity (Wildman–Crippen MR) is 86.6 cm³/mol. The maximum Gasteiger partial charge on any atom is 0.250 e. The molecule has 2 rings (SSSR count). The molecule has 0 bridgehead atoms. The largest absolute Gasteiger partial charge is 0.382 e. The number of nitrogens with one attached hydrogen (secondary N) is 2. The summed E-state index contributed by atoms with van der Waals surface area (Å²) in [6, 6.07) is 8.47. The summed E-state index contributed by atoms with van der Waals surface area (Å²) in [5.74, 6) is 0.629. The molecule has 1 saturated carbocycles. The smallest absolute Gasteiger partial charge is 0.250 e. The summed E-state index contributed by atoms with van der Waals surface area (Å²) in [5.41, 5.74) is 1.89. The van der Waals surface area contributed by atoms with Gasteiger partial charge in [0.25, 0.3) is 0 Å². The molecule has 0 aliphatic heterocycles. The third kappa shape index (κ3) is 4.74. The van der Waals surface area contributed by atoms with Crippen molar-refractivity contribution in [3.8, 4) is 0 Å². The Labute approximate surface area is 127 Å². The Hall–Kier alpha value is -1.55. The minimum Gasteiger partial charge on any atom is -0.382 e. The number of benzene rings is 1. The summed E-state index contributed by atoms with van der Waals surface area (Å²) < 4.78 is 4.83. The van der Waals surface area contributed by atoms with Crippen LogP contribution in [0.25, 0.3) is 0 Å². The van der Waals surface area contributed by atoms with Crippen LogP contribution in [0.15, 0.2) is 24.3 Å². The van der Waals surface area contributed by atoms with Gasteiger partial charge in [0.1, 0.15) is 6.61 Å². The second-order valence-corrected chi connectivity index (χ2v) is 5.77. The standard InChI is InChI=1S/C17H26N2O2/c1-3-13-7-4-5-10-16(13)18-14-8-6-9-15(11-14)19-17(20)12-21-2/h6,8-9,11,13,16,18H,3-5,7,10,12H2,1-2H3,(H,19,20). The summed E-state index contributed by atoms with van der Waals surface area (Å²) in [7, 11) is 1.52. The molecular formula is C17H26N2O2. The fraction of sp³-hybridized carbons (Fsp3) is 0.588. The maximum absolute atomic E-state index is 11.6. The number of methoxy groups -OCH3 is 1. The summed E-state index contributed by atoms with van der Waals surface area (Å²) in [6.45, 7) is 2.35. The quantitative estimate of drug-likeness (QED) is 0.840. The Morgan fingerprint density at radius 2 is 2.05 bits per heavy atom. The van der Waals surface area contributed by atoms with Gasteiger partial charge < -0.3 is 15.4 Å². The number of hydrogen-bond donors (Lipinski definition) is 2. The van der Waals surface area contributed by atoms with Crippen LogP contribution in [0, 0.1) is 5.92 Å². The molecule has 2 atom stereocenters. The highest BCUT2D eigenvalue weighted by Crippen LogP contribution is 2.29. The van der Waals surface area contributed by atoms with Crippen LogP contribution in [-0.2, 0) is 9.53 Å². The second-order valence-electron chi connectivity index (χ2n) is 5.77. The van der Waals surface area contributed by atoms with E-state index in [1.54, 1.807) is 0 Å². The van der Waals surface area contributed by atoms with Crippen LogP contribution in [0.2, 0.25) is 0 Å². The van der Waals surface area contributed by atoms with Gasteiger partial charge in [-0.15, -0.1) is 0 Å². The molecule has 21 heavy (non-hydrogen) atoms. The Balaban J connectivity index is 1.98. The molecule has 116 valence electrons. The van der Waals surface area contributed by atoms with Crippen molar-refractivity contribution in [1.82, 2.24) is 0 Å². The van der Waals surface area contributed by atoms with E-state index >= 15 is 0 Å². The number of carbonyl (C=O) groups excluding carboxylic acids is 1. The highest BCUT2D eigenvalue weighted by molar-refractivity contribution is 5.92. The van der Waals surface area contributed by atoms with Gasteiger partial charge in [-0.05, 0) is 37.0 Å². The molecular weight excluding hydrogens is 264 g/mol. The van der Waals surface area contributed by atoms with Gasteiger partial charge in [-0.25, -0.2) is 0 Å². The van der Waals surface area contributed by atoms with Gasteiger partial charge in [0, 0.05) is 24.5 Å². The fourth-order valence-corrected chi connectivity index (χ4v) is 3.12. The molecule has 1 aliphatic rings. The Bertz CT molecular complexity index is 462. The van der Waals surface area contributed by atoms with E-state index in [9.17, 15) is 4.79 Å². The van der Waals surface area contributed by atoms with Crippen LogP contribution < -0.4 is 10.6 Å². The van der Waals surface area contributed by atoms with E-state index in [0.717, 1.165) is 17.3 Å². The summed E-state index contributed by atoms with van der Waals surface area (Å²) in [4.78, 5) is 11.6. The number of rotatable bonds is 6. The Kier molecular flexibility index (Phi) is 6.05. The number of carbonyl (C=O) groups is 1. The molecule has 1 aliphatic carbocycles. The van der Waals surface area contributed by atoms with Crippen molar-refractivity contribution < 1.29 is 9.53 Å². The molecule has 0 saturated heterocycles. The molecule has 1 amide bonds. The van der Waals surface area contributed by atoms with E-state index in [0.29, 0.717) is 6.04 Å². The minimum absolute atomic E-state index is 0.0815. The highest BCUT2D eigenvalue weighted by atomic mass is 16.5. The van der Waals surface area contributed by atoms with Crippen molar-refractivity contribution in [2.24, 2.45) is 5.92 Å². The highest BCUT2D eigenvalue weighted by Gasteiger charge is 2.23. The van der Waals surface area contributed by atoms with Crippen LogP contribution in [0.3, 0.4) is 0 Å². The molecule has 4 nitrogen and oxygen atoms in total. The lowest BCUT2D eigenvalue weighted by molar-refractivity contribution is -0.119. The topological polar surface area (TPSA) is 50.4 Å². The maximum atomic E-state index is 11.6. The summed E-state index contributed by atoms with van der Waals surface area (Å²) >= 11 is 0. The molecule has 4 heteroatoms. The molecule has 1 fully saturated rings. The minimum atomic E-state index is -0.126. The van der Waals surface area contributed by atoms with E-state index < -0.39 is 0 Å². The number of ether oxygens (including phenoxy) is 1. The van der Waals surface area contributed by atoms with Crippen molar-refractivity contribution in [2.75, 3.05) is 24.4 Å². The predicted octanol–water partition coefficient (Wildman–Crippen LogP) is 3.65. The zero-order valence-electron chi connectivity index (χ0n) is 13.0. The van der Waals surface area contributed by atoms with Crippen molar-refractivity contribution in [2.45, 2.75) is 45.1 Å². The Morgan fingerprint density at radius 1 is 1.29 bits per heavy atom. The van der Waals surface area contributed by atoms with Crippen LogP contribution >= 0.6 is 0 Å². The molecule has 0 aromatic heterocycles. The number of anilines is 2. The van der Waals surface area contributed by atoms with Crippen LogP contribution in [0.5, 0.6) is 0 Å². The first-order valence-electron chi connectivity index (χ1n) is 7.88. The average Bonchev–Trinajstić information content (AvgIpc) is 2.48. The molecule has 2 unspecified atom stereocenters.